The summed E-state index contributed by atoms with van der Waals surface area (Å²) in [6.45, 7) is 5.79. The molecule has 0 spiro atoms. The number of furan rings is 1. The van der Waals surface area contributed by atoms with Crippen molar-refractivity contribution in [2.24, 2.45) is 0 Å². The Morgan fingerprint density at radius 1 is 1.17 bits per heavy atom. The number of rotatable bonds is 9. The van der Waals surface area contributed by atoms with Gasteiger partial charge in [-0.15, -0.1) is 0 Å². The van der Waals surface area contributed by atoms with E-state index in [0.717, 1.165) is 10.6 Å². The molecule has 3 aromatic rings. The summed E-state index contributed by atoms with van der Waals surface area (Å²) in [4.78, 5) is 28.5. The maximum Gasteiger partial charge on any atom is 0.305 e. The number of aromatic nitrogens is 1. The van der Waals surface area contributed by atoms with Crippen molar-refractivity contribution in [3.63, 3.8) is 0 Å². The number of fused-ring (bicyclic) bond motifs is 1. The number of esters is 1. The van der Waals surface area contributed by atoms with Gasteiger partial charge in [0.1, 0.15) is 17.4 Å². The van der Waals surface area contributed by atoms with Gasteiger partial charge in [-0.05, 0) is 55.7 Å². The Balaban J connectivity index is 0.00000222. The van der Waals surface area contributed by atoms with Gasteiger partial charge in [0.15, 0.2) is 0 Å². The van der Waals surface area contributed by atoms with Crippen LogP contribution in [0.25, 0.3) is 22.4 Å². The highest BCUT2D eigenvalue weighted by atomic mass is 32.2. The van der Waals surface area contributed by atoms with Crippen LogP contribution in [0.5, 0.6) is 0 Å². The van der Waals surface area contributed by atoms with Gasteiger partial charge in [-0.2, -0.15) is 4.98 Å². The summed E-state index contributed by atoms with van der Waals surface area (Å²) in [5.74, 6) is -0.867. The Morgan fingerprint density at radius 2 is 1.81 bits per heavy atom. The van der Waals surface area contributed by atoms with Crippen LogP contribution < -0.4 is 9.62 Å². The van der Waals surface area contributed by atoms with E-state index in [4.69, 9.17) is 4.42 Å². The zero-order valence-corrected chi connectivity index (χ0v) is 22.2. The third-order valence-corrected chi connectivity index (χ3v) is 6.42. The average Bonchev–Trinajstić information content (AvgIpc) is 3.22. The second-order valence-electron chi connectivity index (χ2n) is 7.74. The maximum atomic E-state index is 13.4. The molecule has 2 aromatic heterocycles. The Kier molecular flexibility index (Phi) is 9.97. The van der Waals surface area contributed by atoms with E-state index in [0.29, 0.717) is 29.4 Å². The van der Waals surface area contributed by atoms with Gasteiger partial charge in [0.2, 0.25) is 15.7 Å². The number of benzene rings is 1. The van der Waals surface area contributed by atoms with Gasteiger partial charge in [-0.1, -0.05) is 13.8 Å². The number of sulfonamides is 1. The second kappa shape index (κ2) is 12.5. The molecule has 0 aliphatic heterocycles. The maximum absolute atomic E-state index is 13.4. The molecule has 11 heteroatoms. The zero-order chi connectivity index (χ0) is 27.0. The van der Waals surface area contributed by atoms with Crippen LogP contribution in [0.3, 0.4) is 0 Å². The van der Waals surface area contributed by atoms with Gasteiger partial charge in [0, 0.05) is 25.6 Å². The highest BCUT2D eigenvalue weighted by Gasteiger charge is 2.27. The first-order valence-corrected chi connectivity index (χ1v) is 13.4. The molecule has 0 bridgehead atoms. The summed E-state index contributed by atoms with van der Waals surface area (Å²) >= 11 is 0. The molecule has 0 aliphatic carbocycles. The predicted octanol–water partition coefficient (Wildman–Crippen LogP) is 4.44. The van der Waals surface area contributed by atoms with Crippen molar-refractivity contribution in [2.45, 2.75) is 40.0 Å². The number of halogens is 1. The fourth-order valence-electron chi connectivity index (χ4n) is 3.58. The minimum Gasteiger partial charge on any atom is -0.469 e. The molecule has 1 N–H and O–H groups in total. The summed E-state index contributed by atoms with van der Waals surface area (Å²) in [6, 6.07) is 7.11. The van der Waals surface area contributed by atoms with Gasteiger partial charge in [0.25, 0.3) is 5.91 Å². The number of pyridine rings is 1. The fourth-order valence-corrected chi connectivity index (χ4v) is 4.54. The van der Waals surface area contributed by atoms with Gasteiger partial charge in [-0.3, -0.25) is 13.9 Å². The van der Waals surface area contributed by atoms with E-state index in [1.165, 1.54) is 38.4 Å². The van der Waals surface area contributed by atoms with E-state index < -0.39 is 21.7 Å². The third-order valence-electron chi connectivity index (χ3n) is 5.26. The van der Waals surface area contributed by atoms with Gasteiger partial charge < -0.3 is 14.5 Å². The lowest BCUT2D eigenvalue weighted by Gasteiger charge is -2.22. The van der Waals surface area contributed by atoms with Crippen LogP contribution in [0, 0.1) is 12.7 Å². The van der Waals surface area contributed by atoms with Gasteiger partial charge in [0.05, 0.1) is 24.3 Å². The van der Waals surface area contributed by atoms with E-state index in [-0.39, 0.29) is 41.8 Å². The Bertz CT molecular complexity index is 1320. The SMILES string of the molecule is CC.CNC(=O)c1c(-c2ccc(F)cc2)oc2nc(N(CCCCC(=O)OC)S(C)(=O)=O)c(C)cc12. The number of nitrogens with one attached hydrogen (secondary N) is 1. The molecule has 0 atom stereocenters. The lowest BCUT2D eigenvalue weighted by Crippen LogP contribution is -2.32. The molecule has 0 radical (unpaired) electrons. The topological polar surface area (TPSA) is 119 Å². The first-order chi connectivity index (χ1) is 17.1. The predicted molar refractivity (Wildman–Crippen MR) is 137 cm³/mol. The molecule has 1 amide bonds. The number of hydrogen-bond acceptors (Lipinski definition) is 7. The number of hydrogen-bond donors (Lipinski definition) is 1. The number of carbonyl (C=O) groups is 2. The molecule has 196 valence electrons. The van der Waals surface area contributed by atoms with Crippen LogP contribution in [-0.4, -0.2) is 52.2 Å². The number of anilines is 1. The van der Waals surface area contributed by atoms with Crippen LogP contribution in [0.15, 0.2) is 34.7 Å². The molecule has 1 aromatic carbocycles. The monoisotopic (exact) mass is 521 g/mol. The van der Waals surface area contributed by atoms with E-state index >= 15 is 0 Å². The van der Waals surface area contributed by atoms with E-state index in [9.17, 15) is 22.4 Å². The summed E-state index contributed by atoms with van der Waals surface area (Å²) in [5.41, 5.74) is 1.28. The average molecular weight is 522 g/mol. The molecule has 0 unspecified atom stereocenters. The molecule has 2 heterocycles. The zero-order valence-electron chi connectivity index (χ0n) is 21.3. The Morgan fingerprint density at radius 3 is 2.36 bits per heavy atom. The molecule has 0 fully saturated rings. The summed E-state index contributed by atoms with van der Waals surface area (Å²) in [5, 5.41) is 2.97. The van der Waals surface area contributed by atoms with E-state index in [1.807, 2.05) is 13.8 Å². The quantitative estimate of drug-likeness (QED) is 0.327. The standard InChI is InChI=1S/C23H26FN3O6S.C2H6/c1-14-13-17-19(22(29)25-2)20(15-8-10-16(24)11-9-15)33-23(17)26-21(14)27(34(4,30)31)12-6-5-7-18(28)32-3;1-2/h8-11,13H,5-7,12H2,1-4H3,(H,25,29);1-2H3. The van der Waals surface area contributed by atoms with Crippen molar-refractivity contribution in [3.05, 3.63) is 47.3 Å². The van der Waals surface area contributed by atoms with Crippen LogP contribution in [0.1, 0.15) is 49.0 Å². The number of aryl methyl sites for hydroxylation is 1. The van der Waals surface area contributed by atoms with Gasteiger partial charge in [-0.25, -0.2) is 12.8 Å². The number of ether oxygens (including phenoxy) is 1. The summed E-state index contributed by atoms with van der Waals surface area (Å²) in [6.07, 6.45) is 2.09. The van der Waals surface area contributed by atoms with Crippen molar-refractivity contribution in [1.82, 2.24) is 10.3 Å². The van der Waals surface area contributed by atoms with Crippen LogP contribution >= 0.6 is 0 Å². The summed E-state index contributed by atoms with van der Waals surface area (Å²) < 4.78 is 50.2. The van der Waals surface area contributed by atoms with Crippen molar-refractivity contribution in [1.29, 1.82) is 0 Å². The molecule has 0 aliphatic rings. The lowest BCUT2D eigenvalue weighted by atomic mass is 10.0. The molecular weight excluding hydrogens is 489 g/mol. The molecular formula is C25H32FN3O6S. The van der Waals surface area contributed by atoms with Gasteiger partial charge >= 0.3 is 5.97 Å². The van der Waals surface area contributed by atoms with Crippen molar-refractivity contribution >= 4 is 38.8 Å². The summed E-state index contributed by atoms with van der Waals surface area (Å²) in [7, 11) is -0.933. The largest absolute Gasteiger partial charge is 0.469 e. The van der Waals surface area contributed by atoms with Crippen molar-refractivity contribution < 1.29 is 31.6 Å². The minimum absolute atomic E-state index is 0.0711. The molecule has 9 nitrogen and oxygen atoms in total. The molecule has 36 heavy (non-hydrogen) atoms. The molecule has 0 saturated carbocycles. The third kappa shape index (κ3) is 6.60. The van der Waals surface area contributed by atoms with E-state index in [2.05, 4.69) is 15.0 Å². The first-order valence-electron chi connectivity index (χ1n) is 11.5. The highest BCUT2D eigenvalue weighted by molar-refractivity contribution is 7.92. The smallest absolute Gasteiger partial charge is 0.305 e. The second-order valence-corrected chi connectivity index (χ2v) is 9.65. The number of nitrogens with zero attached hydrogens (tertiary/aromatic N) is 2. The Hall–Kier alpha value is -3.47. The highest BCUT2D eigenvalue weighted by Crippen LogP contribution is 2.36. The van der Waals surface area contributed by atoms with Crippen LogP contribution in [-0.2, 0) is 19.6 Å². The minimum atomic E-state index is -3.70. The number of methoxy groups -OCH3 is 1. The van der Waals surface area contributed by atoms with Crippen molar-refractivity contribution in [2.75, 3.05) is 31.3 Å². The first kappa shape index (κ1) is 28.8. The number of unbranched alkanes of at least 4 members (excludes halogenated alkanes) is 1. The van der Waals surface area contributed by atoms with Crippen molar-refractivity contribution in [3.8, 4) is 11.3 Å². The Labute approximate surface area is 210 Å². The fraction of sp³-hybridized carbons (Fsp3) is 0.400. The van der Waals surface area contributed by atoms with Crippen LogP contribution in [0.4, 0.5) is 10.2 Å². The van der Waals surface area contributed by atoms with Crippen LogP contribution in [0.2, 0.25) is 0 Å². The lowest BCUT2D eigenvalue weighted by molar-refractivity contribution is -0.140. The normalized spacial score (nSPS) is 11.0. The number of carbonyl (C=O) groups excluding carboxylic acids is 2. The molecule has 3 rings (SSSR count). The van der Waals surface area contributed by atoms with E-state index in [1.54, 1.807) is 13.0 Å². The molecule has 0 saturated heterocycles. The number of amides is 1.